The van der Waals surface area contributed by atoms with E-state index < -0.39 is 17.4 Å². The number of hydrogen-bond donors (Lipinski definition) is 3. The van der Waals surface area contributed by atoms with E-state index in [1.165, 1.54) is 12.1 Å². The van der Waals surface area contributed by atoms with Crippen molar-refractivity contribution in [3.8, 4) is 0 Å². The summed E-state index contributed by atoms with van der Waals surface area (Å²) in [7, 11) is 0. The van der Waals surface area contributed by atoms with Crippen molar-refractivity contribution in [2.24, 2.45) is 5.92 Å². The Morgan fingerprint density at radius 1 is 1.50 bits per heavy atom. The van der Waals surface area contributed by atoms with Crippen molar-refractivity contribution < 1.29 is 14.3 Å². The fraction of sp³-hybridized carbons (Fsp3) is 0.533. The number of carbonyl (C=O) groups excluding carboxylic acids is 1. The number of aliphatic hydroxyl groups excluding tert-OH is 1. The molecule has 0 aliphatic heterocycles. The number of amides is 2. The molecule has 20 heavy (non-hydrogen) atoms. The van der Waals surface area contributed by atoms with Crippen LogP contribution in [0.15, 0.2) is 24.3 Å². The molecule has 1 aliphatic carbocycles. The lowest BCUT2D eigenvalue weighted by molar-refractivity contribution is 0.108. The zero-order valence-electron chi connectivity index (χ0n) is 11.7. The minimum Gasteiger partial charge on any atom is -0.394 e. The smallest absolute Gasteiger partial charge is 0.319 e. The van der Waals surface area contributed by atoms with Crippen molar-refractivity contribution in [1.82, 2.24) is 5.32 Å². The SMILES string of the molecule is CC1CCCC(CO)(NC(=O)Nc2ccccc2F)C1. The van der Waals surface area contributed by atoms with E-state index in [1.54, 1.807) is 12.1 Å². The molecule has 0 bridgehead atoms. The van der Waals surface area contributed by atoms with Crippen LogP contribution in [0.25, 0.3) is 0 Å². The van der Waals surface area contributed by atoms with Crippen LogP contribution in [0.3, 0.4) is 0 Å². The number of benzene rings is 1. The van der Waals surface area contributed by atoms with E-state index in [-0.39, 0.29) is 12.3 Å². The van der Waals surface area contributed by atoms with Crippen LogP contribution in [0.2, 0.25) is 0 Å². The Kier molecular flexibility index (Phi) is 4.60. The zero-order chi connectivity index (χ0) is 14.6. The summed E-state index contributed by atoms with van der Waals surface area (Å²) in [6.07, 6.45) is 3.58. The maximum atomic E-state index is 13.5. The molecule has 0 saturated heterocycles. The third-order valence-corrected chi connectivity index (χ3v) is 3.89. The molecule has 1 saturated carbocycles. The third-order valence-electron chi connectivity index (χ3n) is 3.89. The second kappa shape index (κ2) is 6.22. The van der Waals surface area contributed by atoms with Gasteiger partial charge < -0.3 is 15.7 Å². The van der Waals surface area contributed by atoms with Gasteiger partial charge in [0.25, 0.3) is 0 Å². The number of halogens is 1. The topological polar surface area (TPSA) is 61.4 Å². The minimum absolute atomic E-state index is 0.0952. The van der Waals surface area contributed by atoms with E-state index in [4.69, 9.17) is 0 Å². The molecule has 2 atom stereocenters. The van der Waals surface area contributed by atoms with Crippen molar-refractivity contribution >= 4 is 11.7 Å². The molecule has 1 aromatic rings. The van der Waals surface area contributed by atoms with E-state index in [0.29, 0.717) is 5.92 Å². The van der Waals surface area contributed by atoms with Crippen molar-refractivity contribution in [3.05, 3.63) is 30.1 Å². The van der Waals surface area contributed by atoms with Crippen LogP contribution in [0.5, 0.6) is 0 Å². The lowest BCUT2D eigenvalue weighted by Gasteiger charge is -2.39. The van der Waals surface area contributed by atoms with Crippen molar-refractivity contribution in [3.63, 3.8) is 0 Å². The number of aliphatic hydroxyl groups is 1. The summed E-state index contributed by atoms with van der Waals surface area (Å²) in [6, 6.07) is 5.54. The zero-order valence-corrected chi connectivity index (χ0v) is 11.7. The van der Waals surface area contributed by atoms with Crippen LogP contribution in [0, 0.1) is 11.7 Å². The summed E-state index contributed by atoms with van der Waals surface area (Å²) >= 11 is 0. The van der Waals surface area contributed by atoms with Crippen molar-refractivity contribution in [2.45, 2.75) is 38.1 Å². The summed E-state index contributed by atoms with van der Waals surface area (Å²) in [5, 5.41) is 14.9. The molecular formula is C15H21FN2O2. The highest BCUT2D eigenvalue weighted by molar-refractivity contribution is 5.89. The van der Waals surface area contributed by atoms with Crippen LogP contribution < -0.4 is 10.6 Å². The fourth-order valence-corrected chi connectivity index (χ4v) is 2.91. The van der Waals surface area contributed by atoms with E-state index in [9.17, 15) is 14.3 Å². The standard InChI is InChI=1S/C15H21FN2O2/c1-11-5-4-8-15(9-11,10-19)18-14(20)17-13-7-3-2-6-12(13)16/h2-3,6-7,11,19H,4-5,8-10H2,1H3,(H2,17,18,20). The number of hydrogen-bond acceptors (Lipinski definition) is 2. The lowest BCUT2D eigenvalue weighted by Crippen LogP contribution is -2.55. The number of carbonyl (C=O) groups is 1. The molecule has 0 radical (unpaired) electrons. The van der Waals surface area contributed by atoms with Crippen LogP contribution in [0.1, 0.15) is 32.6 Å². The summed E-state index contributed by atoms with van der Waals surface area (Å²) < 4.78 is 13.5. The number of anilines is 1. The van der Waals surface area contributed by atoms with Gasteiger partial charge in [-0.15, -0.1) is 0 Å². The highest BCUT2D eigenvalue weighted by Gasteiger charge is 2.35. The van der Waals surface area contributed by atoms with Gasteiger partial charge in [0.2, 0.25) is 0 Å². The summed E-state index contributed by atoms with van der Waals surface area (Å²) in [4.78, 5) is 12.0. The quantitative estimate of drug-likeness (QED) is 0.797. The van der Waals surface area contributed by atoms with Gasteiger partial charge in [-0.25, -0.2) is 9.18 Å². The average Bonchev–Trinajstić information content (AvgIpc) is 2.41. The molecule has 0 aromatic heterocycles. The largest absolute Gasteiger partial charge is 0.394 e. The minimum atomic E-state index is -0.590. The average molecular weight is 280 g/mol. The molecule has 5 heteroatoms. The molecule has 3 N–H and O–H groups in total. The summed E-state index contributed by atoms with van der Waals surface area (Å²) in [5.41, 5.74) is -0.450. The fourth-order valence-electron chi connectivity index (χ4n) is 2.91. The Hall–Kier alpha value is -1.62. The molecule has 1 aliphatic rings. The normalized spacial score (nSPS) is 26.1. The molecule has 110 valence electrons. The highest BCUT2D eigenvalue weighted by Crippen LogP contribution is 2.32. The van der Waals surface area contributed by atoms with Gasteiger partial charge in [0.05, 0.1) is 17.8 Å². The Morgan fingerprint density at radius 2 is 2.25 bits per heavy atom. The number of nitrogens with one attached hydrogen (secondary N) is 2. The second-order valence-electron chi connectivity index (χ2n) is 5.70. The molecule has 0 spiro atoms. The highest BCUT2D eigenvalue weighted by atomic mass is 19.1. The monoisotopic (exact) mass is 280 g/mol. The van der Waals surface area contributed by atoms with Crippen molar-refractivity contribution in [2.75, 3.05) is 11.9 Å². The molecule has 2 amide bonds. The predicted octanol–water partition coefficient (Wildman–Crippen LogP) is 2.89. The van der Waals surface area contributed by atoms with Crippen molar-refractivity contribution in [1.29, 1.82) is 0 Å². The molecule has 1 fully saturated rings. The van der Waals surface area contributed by atoms with Gasteiger partial charge in [-0.05, 0) is 30.9 Å². The van der Waals surface area contributed by atoms with E-state index in [1.807, 2.05) is 0 Å². The Bertz CT molecular complexity index is 481. The predicted molar refractivity (Wildman–Crippen MR) is 76.0 cm³/mol. The van der Waals surface area contributed by atoms with Crippen LogP contribution in [-0.2, 0) is 0 Å². The molecule has 0 heterocycles. The molecular weight excluding hydrogens is 259 g/mol. The van der Waals surface area contributed by atoms with Crippen LogP contribution in [-0.4, -0.2) is 23.3 Å². The first kappa shape index (κ1) is 14.8. The van der Waals surface area contributed by atoms with Gasteiger partial charge in [0.15, 0.2) is 0 Å². The van der Waals surface area contributed by atoms with E-state index in [2.05, 4.69) is 17.6 Å². The Labute approximate surface area is 118 Å². The molecule has 2 rings (SSSR count). The summed E-state index contributed by atoms with van der Waals surface area (Å²) in [6.45, 7) is 2.02. The molecule has 2 unspecified atom stereocenters. The maximum absolute atomic E-state index is 13.5. The lowest BCUT2D eigenvalue weighted by atomic mass is 9.77. The van der Waals surface area contributed by atoms with Gasteiger partial charge in [0.1, 0.15) is 5.82 Å². The number of urea groups is 1. The van der Waals surface area contributed by atoms with Crippen LogP contribution in [0.4, 0.5) is 14.9 Å². The first-order chi connectivity index (χ1) is 9.54. The number of para-hydroxylation sites is 1. The number of rotatable bonds is 3. The molecule has 1 aromatic carbocycles. The van der Waals surface area contributed by atoms with Gasteiger partial charge in [-0.3, -0.25) is 0 Å². The van der Waals surface area contributed by atoms with E-state index in [0.717, 1.165) is 25.7 Å². The Balaban J connectivity index is 2.01. The van der Waals surface area contributed by atoms with Gasteiger partial charge >= 0.3 is 6.03 Å². The van der Waals surface area contributed by atoms with Crippen LogP contribution >= 0.6 is 0 Å². The first-order valence-corrected chi connectivity index (χ1v) is 6.99. The maximum Gasteiger partial charge on any atom is 0.319 e. The third kappa shape index (κ3) is 3.48. The summed E-state index contributed by atoms with van der Waals surface area (Å²) in [5.74, 6) is -0.0117. The first-order valence-electron chi connectivity index (χ1n) is 6.99. The van der Waals surface area contributed by atoms with Gasteiger partial charge in [-0.1, -0.05) is 31.9 Å². The second-order valence-corrected chi connectivity index (χ2v) is 5.70. The van der Waals surface area contributed by atoms with E-state index >= 15 is 0 Å². The molecule has 4 nitrogen and oxygen atoms in total. The van der Waals surface area contributed by atoms with Gasteiger partial charge in [0, 0.05) is 0 Å². The van der Waals surface area contributed by atoms with Gasteiger partial charge in [-0.2, -0.15) is 0 Å². The Morgan fingerprint density at radius 3 is 2.90 bits per heavy atom.